The first-order valence-electron chi connectivity index (χ1n) is 19.6. The van der Waals surface area contributed by atoms with Crippen molar-refractivity contribution in [3.05, 3.63) is 134 Å². The van der Waals surface area contributed by atoms with Gasteiger partial charge in [0.05, 0.1) is 0 Å². The van der Waals surface area contributed by atoms with Crippen molar-refractivity contribution in [1.82, 2.24) is 59.8 Å². The molecule has 0 bridgehead atoms. The van der Waals surface area contributed by atoms with Gasteiger partial charge in [0.25, 0.3) is 0 Å². The summed E-state index contributed by atoms with van der Waals surface area (Å²) >= 11 is 41.7. The molecule has 0 fully saturated rings. The first kappa shape index (κ1) is 48.6. The summed E-state index contributed by atoms with van der Waals surface area (Å²) in [6, 6.07) is 27.5. The van der Waals surface area contributed by atoms with Gasteiger partial charge < -0.3 is 45.3 Å². The van der Waals surface area contributed by atoms with E-state index >= 15 is 0 Å². The van der Waals surface area contributed by atoms with E-state index in [1.165, 1.54) is 0 Å². The summed E-state index contributed by atoms with van der Waals surface area (Å²) in [4.78, 5) is 47.0. The van der Waals surface area contributed by atoms with Gasteiger partial charge in [0.1, 0.15) is 54.8 Å². The van der Waals surface area contributed by atoms with E-state index in [1.807, 2.05) is 0 Å². The number of aromatic hydroxyl groups is 1. The van der Waals surface area contributed by atoms with Crippen molar-refractivity contribution in [2.75, 3.05) is 47.7 Å². The highest BCUT2D eigenvalue weighted by Gasteiger charge is 2.36. The lowest BCUT2D eigenvalue weighted by atomic mass is 9.92. The van der Waals surface area contributed by atoms with E-state index in [2.05, 4.69) is 81.1 Å². The third-order valence-corrected chi connectivity index (χ3v) is 10.1. The van der Waals surface area contributed by atoms with Crippen LogP contribution in [0, 0.1) is 5.41 Å². The number of anilines is 8. The Hall–Kier alpha value is -6.85. The fourth-order valence-electron chi connectivity index (χ4n) is 5.79. The van der Waals surface area contributed by atoms with Crippen molar-refractivity contribution in [3.8, 4) is 29.0 Å². The number of ether oxygens (including phenoxy) is 4. The molecule has 4 aromatic heterocycles. The Morgan fingerprint density at radius 2 is 0.536 bits per heavy atom. The molecule has 21 nitrogen and oxygen atoms in total. The Balaban J connectivity index is 1.04. The fraction of sp³-hybridized carbons (Fsp3) is 0.122. The minimum Gasteiger partial charge on any atom is -0.493 e. The summed E-state index contributed by atoms with van der Waals surface area (Å²) in [7, 11) is 0. The molecule has 0 aliphatic carbocycles. The van der Waals surface area contributed by atoms with E-state index in [1.54, 1.807) is 97.1 Å². The van der Waals surface area contributed by atoms with Crippen molar-refractivity contribution in [1.29, 1.82) is 0 Å². The standard InChI is InChI=1S/C41H29Cl7N16O5/c42-29-53-30(43)57-36(56-29)49-21-1-9-25(10-2-21)66-17-41(18-67-26-11-3-22(4-12-26)50-37-58-31(44)54-32(45)59-37,19-68-27-13-5-23(6-14-27)51-38-60-33(46)55-34(47)61-38)20-69-28-15-7-24(8-16-28)52-39-62-35(48)63-40(65)64-39/h1-16H,17-20H2,(H,49,53,56,57)(H,50,54,58,59)(H,51,55,60,61)(H2,52,62,63,64,65). The maximum absolute atomic E-state index is 9.77. The highest BCUT2D eigenvalue weighted by molar-refractivity contribution is 6.32. The Bertz CT molecular complexity index is 2540. The molecule has 352 valence electrons. The van der Waals surface area contributed by atoms with Crippen molar-refractivity contribution in [3.63, 3.8) is 0 Å². The molecule has 8 aromatic rings. The van der Waals surface area contributed by atoms with Gasteiger partial charge in [0, 0.05) is 22.7 Å². The van der Waals surface area contributed by atoms with Gasteiger partial charge in [-0.1, -0.05) is 0 Å². The predicted molar refractivity (Wildman–Crippen MR) is 259 cm³/mol. The molecule has 0 aliphatic heterocycles. The van der Waals surface area contributed by atoms with Crippen LogP contribution in [0.1, 0.15) is 0 Å². The highest BCUT2D eigenvalue weighted by atomic mass is 35.5. The predicted octanol–water partition coefficient (Wildman–Crippen LogP) is 10.3. The first-order chi connectivity index (χ1) is 33.3. The van der Waals surface area contributed by atoms with Gasteiger partial charge in [0.2, 0.25) is 60.8 Å². The summed E-state index contributed by atoms with van der Waals surface area (Å²) < 4.78 is 25.9. The lowest BCUT2D eigenvalue weighted by Crippen LogP contribution is -2.45. The van der Waals surface area contributed by atoms with Crippen LogP contribution < -0.4 is 40.2 Å². The van der Waals surface area contributed by atoms with E-state index in [0.717, 1.165) is 0 Å². The quantitative estimate of drug-likeness (QED) is 0.0475. The van der Waals surface area contributed by atoms with Crippen LogP contribution in [0.4, 0.5) is 46.5 Å². The fourth-order valence-corrected chi connectivity index (χ4v) is 7.04. The zero-order chi connectivity index (χ0) is 48.3. The summed E-state index contributed by atoms with van der Waals surface area (Å²) in [5.41, 5.74) is 1.40. The molecule has 0 atom stereocenters. The highest BCUT2D eigenvalue weighted by Crippen LogP contribution is 2.30. The van der Waals surface area contributed by atoms with E-state index in [4.69, 9.17) is 100 Å². The molecule has 8 rings (SSSR count). The summed E-state index contributed by atoms with van der Waals surface area (Å²) in [6.07, 6.45) is 0. The third-order valence-electron chi connectivity index (χ3n) is 8.96. The Kier molecular flexibility index (Phi) is 15.9. The average molecular weight is 1070 g/mol. The van der Waals surface area contributed by atoms with Gasteiger partial charge in [-0.2, -0.15) is 59.8 Å². The van der Waals surface area contributed by atoms with E-state index in [9.17, 15) is 5.11 Å². The number of halogens is 7. The number of hydrogen-bond acceptors (Lipinski definition) is 21. The molecule has 0 saturated heterocycles. The maximum Gasteiger partial charge on any atom is 0.320 e. The lowest BCUT2D eigenvalue weighted by molar-refractivity contribution is -0.00350. The van der Waals surface area contributed by atoms with Crippen LogP contribution in [0.25, 0.3) is 0 Å². The van der Waals surface area contributed by atoms with Gasteiger partial charge in [-0.25, -0.2) is 0 Å². The van der Waals surface area contributed by atoms with Crippen LogP contribution in [-0.4, -0.2) is 91.3 Å². The minimum absolute atomic E-state index is 0.0122. The molecule has 0 spiro atoms. The molecule has 5 N–H and O–H groups in total. The second kappa shape index (κ2) is 22.5. The summed E-state index contributed by atoms with van der Waals surface area (Å²) in [5.74, 6) is 2.50. The van der Waals surface area contributed by atoms with Crippen molar-refractivity contribution in [2.45, 2.75) is 0 Å². The number of nitrogens with one attached hydrogen (secondary N) is 4. The Morgan fingerprint density at radius 3 is 0.768 bits per heavy atom. The molecule has 0 amide bonds. The van der Waals surface area contributed by atoms with Gasteiger partial charge in [-0.15, -0.1) is 0 Å². The number of aromatic nitrogens is 12. The largest absolute Gasteiger partial charge is 0.493 e. The van der Waals surface area contributed by atoms with Crippen LogP contribution >= 0.6 is 81.2 Å². The van der Waals surface area contributed by atoms with E-state index in [0.29, 0.717) is 45.7 Å². The zero-order valence-corrected chi connectivity index (χ0v) is 40.0. The molecule has 0 unspecified atom stereocenters. The van der Waals surface area contributed by atoms with Crippen LogP contribution in [0.2, 0.25) is 37.0 Å². The topological polar surface area (TPSA) is 260 Å². The molecule has 0 radical (unpaired) electrons. The normalized spacial score (nSPS) is 11.1. The Labute approximate surface area is 425 Å². The lowest BCUT2D eigenvalue weighted by Gasteiger charge is -2.33. The van der Waals surface area contributed by atoms with Gasteiger partial charge in [0.15, 0.2) is 0 Å². The first-order valence-corrected chi connectivity index (χ1v) is 22.2. The van der Waals surface area contributed by atoms with Gasteiger partial charge in [-0.3, -0.25) is 0 Å². The average Bonchev–Trinajstić information content (AvgIpc) is 3.29. The number of nitrogens with zero attached hydrogens (tertiary/aromatic N) is 12. The maximum atomic E-state index is 9.77. The number of hydrogen-bond donors (Lipinski definition) is 5. The Morgan fingerprint density at radius 1 is 0.319 bits per heavy atom. The second-order valence-corrected chi connectivity index (χ2v) is 16.4. The monoisotopic (exact) mass is 1070 g/mol. The molecule has 28 heteroatoms. The molecule has 0 aliphatic rings. The summed E-state index contributed by atoms with van der Waals surface area (Å²) in [6.45, 7) is 0.0623. The smallest absolute Gasteiger partial charge is 0.320 e. The van der Waals surface area contributed by atoms with Crippen LogP contribution in [-0.2, 0) is 0 Å². The number of benzene rings is 4. The van der Waals surface area contributed by atoms with Crippen molar-refractivity contribution < 1.29 is 24.1 Å². The molecular weight excluding hydrogens is 1040 g/mol. The molecular formula is C41H29Cl7N16O5. The minimum atomic E-state index is -1.03. The molecule has 0 saturated carbocycles. The van der Waals surface area contributed by atoms with E-state index < -0.39 is 11.4 Å². The zero-order valence-electron chi connectivity index (χ0n) is 34.7. The molecule has 69 heavy (non-hydrogen) atoms. The number of rotatable bonds is 20. The summed E-state index contributed by atoms with van der Waals surface area (Å²) in [5, 5.41) is 21.3. The second-order valence-electron chi connectivity index (χ2n) is 14.1. The van der Waals surface area contributed by atoms with Gasteiger partial charge in [-0.05, 0) is 178 Å². The molecule has 4 heterocycles. The third kappa shape index (κ3) is 14.6. The molecule has 4 aromatic carbocycles. The van der Waals surface area contributed by atoms with Crippen LogP contribution in [0.3, 0.4) is 0 Å². The SMILES string of the molecule is Oc1nc(Cl)nc(Nc2ccc(OCC(COc3ccc(Nc4nc(Cl)nc(Cl)n4)cc3)(COc3ccc(Nc4nc(Cl)nc(Cl)n4)cc3)COc3ccc(Nc4nc(Cl)nc(Cl)n4)cc3)cc2)n1. The van der Waals surface area contributed by atoms with Crippen LogP contribution in [0.5, 0.6) is 29.0 Å². The van der Waals surface area contributed by atoms with Crippen molar-refractivity contribution in [2.24, 2.45) is 5.41 Å². The van der Waals surface area contributed by atoms with Gasteiger partial charge >= 0.3 is 6.01 Å². The van der Waals surface area contributed by atoms with Crippen molar-refractivity contribution >= 4 is 128 Å². The van der Waals surface area contributed by atoms with Crippen LogP contribution in [0.15, 0.2) is 97.1 Å². The van der Waals surface area contributed by atoms with E-state index in [-0.39, 0.29) is 87.2 Å².